The van der Waals surface area contributed by atoms with Crippen LogP contribution >= 0.6 is 35.8 Å². The molecule has 2 rings (SSSR count). The first-order valence-electron chi connectivity index (χ1n) is 8.46. The van der Waals surface area contributed by atoms with Gasteiger partial charge >= 0.3 is 0 Å². The summed E-state index contributed by atoms with van der Waals surface area (Å²) in [7, 11) is 0. The Hall–Kier alpha value is -0.620. The standard InChI is InChI=1S/C18H27Cl2N3OS/c1-11(7-12-5-6-13(19)9-14(12)20)8-15(16(24)18(2,3)4)23-17(25)21-10-22-23/h5-6,9-11,15-17,24-25H,7-8H2,1-4H3,(H,21,22)/t11-,15-,16-,17?/m1/s1. The lowest BCUT2D eigenvalue weighted by Crippen LogP contribution is -2.50. The third-order valence-electron chi connectivity index (χ3n) is 4.48. The highest BCUT2D eigenvalue weighted by Crippen LogP contribution is 2.32. The second-order valence-corrected chi connectivity index (χ2v) is 9.16. The second-order valence-electron chi connectivity index (χ2n) is 7.82. The molecular formula is C18H27Cl2N3OS. The van der Waals surface area contributed by atoms with Crippen LogP contribution in [-0.2, 0) is 6.42 Å². The maximum Gasteiger partial charge on any atom is 0.162 e. The summed E-state index contributed by atoms with van der Waals surface area (Å²) >= 11 is 16.8. The predicted octanol–water partition coefficient (Wildman–Crippen LogP) is 4.40. The monoisotopic (exact) mass is 403 g/mol. The van der Waals surface area contributed by atoms with Gasteiger partial charge in [-0.1, -0.05) is 57.0 Å². The molecule has 0 aromatic heterocycles. The lowest BCUT2D eigenvalue weighted by atomic mass is 9.80. The number of nitrogens with zero attached hydrogens (tertiary/aromatic N) is 2. The molecule has 0 saturated heterocycles. The Morgan fingerprint density at radius 3 is 2.56 bits per heavy atom. The number of halogens is 2. The number of rotatable bonds is 6. The molecule has 7 heteroatoms. The Morgan fingerprint density at radius 1 is 1.36 bits per heavy atom. The fraction of sp³-hybridized carbons (Fsp3) is 0.611. The molecule has 0 saturated carbocycles. The SMILES string of the molecule is C[C@H](Cc1ccc(Cl)cc1Cl)C[C@H]([C@@H](O)C(C)(C)C)N1N=CNC1S. The third kappa shape index (κ3) is 5.43. The van der Waals surface area contributed by atoms with E-state index in [0.717, 1.165) is 18.4 Å². The minimum absolute atomic E-state index is 0.144. The highest BCUT2D eigenvalue weighted by atomic mass is 35.5. The summed E-state index contributed by atoms with van der Waals surface area (Å²) in [5, 5.41) is 21.5. The minimum Gasteiger partial charge on any atom is -0.390 e. The Morgan fingerprint density at radius 2 is 2.04 bits per heavy atom. The summed E-state index contributed by atoms with van der Waals surface area (Å²) in [4.78, 5) is 0. The average Bonchev–Trinajstić information content (AvgIpc) is 2.92. The van der Waals surface area contributed by atoms with Crippen LogP contribution in [0.25, 0.3) is 0 Å². The first kappa shape index (κ1) is 20.7. The number of thiol groups is 1. The van der Waals surface area contributed by atoms with E-state index >= 15 is 0 Å². The highest BCUT2D eigenvalue weighted by molar-refractivity contribution is 7.80. The van der Waals surface area contributed by atoms with Gasteiger partial charge in [-0.15, -0.1) is 12.6 Å². The zero-order chi connectivity index (χ0) is 18.8. The maximum atomic E-state index is 10.9. The summed E-state index contributed by atoms with van der Waals surface area (Å²) in [6.07, 6.45) is 2.67. The Bertz CT molecular complexity index is 621. The molecule has 4 atom stereocenters. The van der Waals surface area contributed by atoms with Gasteiger partial charge in [0.05, 0.1) is 12.1 Å². The number of hydrazone groups is 1. The average molecular weight is 404 g/mol. The lowest BCUT2D eigenvalue weighted by Gasteiger charge is -2.39. The summed E-state index contributed by atoms with van der Waals surface area (Å²) in [5.74, 6) is 0.303. The van der Waals surface area contributed by atoms with Crippen molar-refractivity contribution < 1.29 is 5.11 Å². The minimum atomic E-state index is -0.540. The van der Waals surface area contributed by atoms with Crippen LogP contribution in [0.15, 0.2) is 23.3 Å². The molecule has 0 bridgehead atoms. The van der Waals surface area contributed by atoms with Crippen molar-refractivity contribution >= 4 is 42.2 Å². The predicted molar refractivity (Wildman–Crippen MR) is 109 cm³/mol. The molecule has 0 radical (unpaired) electrons. The van der Waals surface area contributed by atoms with Gasteiger partial charge in [-0.3, -0.25) is 5.01 Å². The van der Waals surface area contributed by atoms with Crippen molar-refractivity contribution in [2.75, 3.05) is 0 Å². The van der Waals surface area contributed by atoms with Gasteiger partial charge in [-0.25, -0.2) is 0 Å². The van der Waals surface area contributed by atoms with Crippen LogP contribution in [0.4, 0.5) is 0 Å². The summed E-state index contributed by atoms with van der Waals surface area (Å²) < 4.78 is 0. The van der Waals surface area contributed by atoms with E-state index in [1.165, 1.54) is 0 Å². The summed E-state index contributed by atoms with van der Waals surface area (Å²) in [6.45, 7) is 8.26. The van der Waals surface area contributed by atoms with Crippen molar-refractivity contribution in [1.29, 1.82) is 0 Å². The van der Waals surface area contributed by atoms with Gasteiger partial charge in [-0.05, 0) is 41.9 Å². The largest absolute Gasteiger partial charge is 0.390 e. The Kier molecular flexibility index (Phi) is 6.94. The van der Waals surface area contributed by atoms with Gasteiger partial charge in [0.1, 0.15) is 6.34 Å². The van der Waals surface area contributed by atoms with E-state index in [1.807, 2.05) is 37.9 Å². The smallest absolute Gasteiger partial charge is 0.162 e. The van der Waals surface area contributed by atoms with Crippen LogP contribution in [-0.4, -0.2) is 34.1 Å². The van der Waals surface area contributed by atoms with Crippen molar-refractivity contribution in [2.24, 2.45) is 16.4 Å². The summed E-state index contributed by atoms with van der Waals surface area (Å²) in [5.41, 5.74) is 0.579. The van der Waals surface area contributed by atoms with E-state index in [4.69, 9.17) is 23.2 Å². The number of hydrogen-bond acceptors (Lipinski definition) is 5. The topological polar surface area (TPSA) is 47.9 Å². The molecular weight excluding hydrogens is 377 g/mol. The van der Waals surface area contributed by atoms with Crippen LogP contribution in [0.3, 0.4) is 0 Å². The third-order valence-corrected chi connectivity index (χ3v) is 5.46. The number of aliphatic hydroxyl groups excluding tert-OH is 1. The molecule has 1 aromatic rings. The molecule has 2 N–H and O–H groups in total. The van der Waals surface area contributed by atoms with Gasteiger partial charge in [0.25, 0.3) is 0 Å². The first-order chi connectivity index (χ1) is 11.6. The van der Waals surface area contributed by atoms with Crippen molar-refractivity contribution in [3.05, 3.63) is 33.8 Å². The molecule has 0 amide bonds. The summed E-state index contributed by atoms with van der Waals surface area (Å²) in [6, 6.07) is 5.45. The molecule has 1 aliphatic heterocycles. The van der Waals surface area contributed by atoms with E-state index < -0.39 is 6.10 Å². The molecule has 1 unspecified atom stereocenters. The van der Waals surface area contributed by atoms with Crippen LogP contribution in [0.2, 0.25) is 10.0 Å². The molecule has 1 heterocycles. The van der Waals surface area contributed by atoms with Crippen molar-refractivity contribution in [1.82, 2.24) is 10.3 Å². The normalized spacial score (nSPS) is 21.1. The second kappa shape index (κ2) is 8.38. The molecule has 0 spiro atoms. The maximum absolute atomic E-state index is 10.9. The van der Waals surface area contributed by atoms with Crippen LogP contribution in [0.5, 0.6) is 0 Å². The van der Waals surface area contributed by atoms with E-state index in [2.05, 4.69) is 30.0 Å². The van der Waals surface area contributed by atoms with Gasteiger partial charge in [0, 0.05) is 10.0 Å². The van der Waals surface area contributed by atoms with Crippen molar-refractivity contribution in [3.8, 4) is 0 Å². The molecule has 4 nitrogen and oxygen atoms in total. The lowest BCUT2D eigenvalue weighted by molar-refractivity contribution is -0.0288. The molecule has 1 aliphatic rings. The van der Waals surface area contributed by atoms with E-state index in [9.17, 15) is 5.11 Å². The van der Waals surface area contributed by atoms with E-state index in [0.29, 0.717) is 16.0 Å². The quantitative estimate of drug-likeness (QED) is 0.616. The van der Waals surface area contributed by atoms with E-state index in [1.54, 1.807) is 12.4 Å². The molecule has 25 heavy (non-hydrogen) atoms. The van der Waals surface area contributed by atoms with Crippen LogP contribution in [0.1, 0.15) is 39.7 Å². The van der Waals surface area contributed by atoms with Gasteiger partial charge in [-0.2, -0.15) is 5.10 Å². The van der Waals surface area contributed by atoms with Gasteiger partial charge < -0.3 is 10.4 Å². The number of nitrogens with one attached hydrogen (secondary N) is 1. The number of aliphatic hydroxyl groups is 1. The van der Waals surface area contributed by atoms with Gasteiger partial charge in [0.15, 0.2) is 5.50 Å². The van der Waals surface area contributed by atoms with Gasteiger partial charge in [0.2, 0.25) is 0 Å². The Labute approximate surface area is 166 Å². The molecule has 0 aliphatic carbocycles. The molecule has 140 valence electrons. The van der Waals surface area contributed by atoms with Crippen LogP contribution in [0, 0.1) is 11.3 Å². The zero-order valence-corrected chi connectivity index (χ0v) is 17.5. The highest BCUT2D eigenvalue weighted by Gasteiger charge is 2.38. The number of benzene rings is 1. The molecule has 1 aromatic carbocycles. The fourth-order valence-corrected chi connectivity index (χ4v) is 3.87. The molecule has 0 fully saturated rings. The van der Waals surface area contributed by atoms with Crippen molar-refractivity contribution in [2.45, 2.75) is 58.2 Å². The zero-order valence-electron chi connectivity index (χ0n) is 15.1. The number of hydrogen-bond donors (Lipinski definition) is 3. The fourth-order valence-electron chi connectivity index (χ4n) is 3.09. The first-order valence-corrected chi connectivity index (χ1v) is 9.73. The van der Waals surface area contributed by atoms with E-state index in [-0.39, 0.29) is 17.0 Å². The van der Waals surface area contributed by atoms with Crippen molar-refractivity contribution in [3.63, 3.8) is 0 Å². The Balaban J connectivity index is 2.13. The van der Waals surface area contributed by atoms with Crippen LogP contribution < -0.4 is 5.32 Å².